The Morgan fingerprint density at radius 1 is 0.244 bits per heavy atom. The molecule has 562 valence electrons. The zero-order valence-electron chi connectivity index (χ0n) is 83.1. The molecule has 5 heteroatoms. The Morgan fingerprint density at radius 3 is 1.03 bits per heavy atom. The second-order valence-electron chi connectivity index (χ2n) is 33.5. The summed E-state index contributed by atoms with van der Waals surface area (Å²) in [6.45, 7) is 12.3. The summed E-state index contributed by atoms with van der Waals surface area (Å²) in [4.78, 5) is 4.66. The van der Waals surface area contributed by atoms with E-state index in [9.17, 15) is 23.3 Å². The molecule has 0 saturated heterocycles. The molecule has 0 fully saturated rings. The van der Waals surface area contributed by atoms with Crippen LogP contribution in [-0.4, -0.2) is 15.8 Å². The van der Waals surface area contributed by atoms with Crippen molar-refractivity contribution in [3.63, 3.8) is 0 Å². The SMILES string of the molecule is [2H]c1cc(-c2cccc(-c3ccccc3)c2)c(N2c3cc(-n4c5c([2H])c([2H])c([2H])c([2H])c5c5c([2H])c([2H])c([2H])c([2H])c54)ccc3B3c4ccc(-n5c6c([2H])c([2H])c([2H])c([2H])c6c6c([2H])c([2H])c([2H])c([2H])c65)cc4N(c4c(-c5cccc(-c6ccccc6)c5)cc(C(C)(C)C)cc4-c4ccc5ccc6ccccc6c5c4)c4cc(C(C)(C)C)cc2c43)c(-c2ccc3ccc4ccccc4c3c2)c1. The third-order valence-corrected chi connectivity index (χ3v) is 24.6. The van der Waals surface area contributed by atoms with Crippen molar-refractivity contribution in [2.75, 3.05) is 9.80 Å². The van der Waals surface area contributed by atoms with E-state index in [1.54, 1.807) is 9.13 Å². The molecule has 19 aromatic carbocycles. The van der Waals surface area contributed by atoms with Gasteiger partial charge in [0.2, 0.25) is 0 Å². The fourth-order valence-corrected chi connectivity index (χ4v) is 18.8. The molecule has 0 amide bonds. The van der Waals surface area contributed by atoms with E-state index in [-0.39, 0.29) is 61.0 Å². The van der Waals surface area contributed by atoms with Gasteiger partial charge in [0.05, 0.1) is 56.7 Å². The lowest BCUT2D eigenvalue weighted by atomic mass is 9.33. The van der Waals surface area contributed by atoms with Gasteiger partial charge in [0.1, 0.15) is 0 Å². The Labute approximate surface area is 718 Å². The number of hydrogen-bond donors (Lipinski definition) is 0. The zero-order chi connectivity index (χ0) is 94.3. The number of para-hydroxylation sites is 5. The highest BCUT2D eigenvalue weighted by molar-refractivity contribution is 7.00. The molecule has 2 aromatic heterocycles. The highest BCUT2D eigenvalue weighted by Gasteiger charge is 2.47. The second kappa shape index (κ2) is 27.0. The number of aromatic nitrogens is 2. The molecule has 0 radical (unpaired) electrons. The average Bonchev–Trinajstić information content (AvgIpc) is 0.978. The monoisotopic (exact) mass is 1540 g/mol. The van der Waals surface area contributed by atoms with E-state index < -0.39 is 114 Å². The molecular weight excluding hydrogens is 1440 g/mol. The third-order valence-electron chi connectivity index (χ3n) is 24.6. The van der Waals surface area contributed by atoms with Gasteiger partial charge in [0.25, 0.3) is 6.71 Å². The maximum absolute atomic E-state index is 10.4. The van der Waals surface area contributed by atoms with Gasteiger partial charge in [-0.3, -0.25) is 0 Å². The average molecular weight is 1540 g/mol. The van der Waals surface area contributed by atoms with Crippen LogP contribution >= 0.6 is 0 Å². The van der Waals surface area contributed by atoms with Crippen LogP contribution in [0.15, 0.2) is 394 Å². The Morgan fingerprint density at radius 2 is 0.588 bits per heavy atom. The lowest BCUT2D eigenvalue weighted by Crippen LogP contribution is -2.61. The van der Waals surface area contributed by atoms with E-state index in [0.29, 0.717) is 50.5 Å². The number of rotatable bonds is 10. The predicted molar refractivity (Wildman–Crippen MR) is 509 cm³/mol. The molecule has 0 N–H and O–H groups in total. The summed E-state index contributed by atoms with van der Waals surface area (Å²) >= 11 is 0. The van der Waals surface area contributed by atoms with Crippen LogP contribution in [0, 0.1) is 0 Å². The first-order valence-corrected chi connectivity index (χ1v) is 40.4. The molecule has 0 atom stereocenters. The number of hydrogen-bond acceptors (Lipinski definition) is 2. The van der Waals surface area contributed by atoms with E-state index in [2.05, 4.69) is 233 Å². The summed E-state index contributed by atoms with van der Waals surface area (Å²) in [6, 6.07) is 92.1. The van der Waals surface area contributed by atoms with E-state index in [1.165, 1.54) is 0 Å². The summed E-state index contributed by atoms with van der Waals surface area (Å²) in [5.74, 6) is 0. The summed E-state index contributed by atoms with van der Waals surface area (Å²) in [5, 5.41) is 7.73. The topological polar surface area (TPSA) is 16.3 Å². The van der Waals surface area contributed by atoms with Crippen LogP contribution < -0.4 is 26.2 Å². The van der Waals surface area contributed by atoms with E-state index in [4.69, 9.17) is 0 Å². The smallest absolute Gasteiger partial charge is 0.252 e. The maximum Gasteiger partial charge on any atom is 0.252 e. The lowest BCUT2D eigenvalue weighted by molar-refractivity contribution is 0.590. The van der Waals surface area contributed by atoms with Gasteiger partial charge >= 0.3 is 0 Å². The van der Waals surface area contributed by atoms with Gasteiger partial charge in [0.15, 0.2) is 0 Å². The van der Waals surface area contributed by atoms with Crippen molar-refractivity contribution in [2.24, 2.45) is 0 Å². The molecule has 0 saturated carbocycles. The summed E-state index contributed by atoms with van der Waals surface area (Å²) < 4.78 is 168. The minimum Gasteiger partial charge on any atom is -0.310 e. The summed E-state index contributed by atoms with van der Waals surface area (Å²) in [5.41, 5.74) is 16.7. The number of anilines is 6. The van der Waals surface area contributed by atoms with Gasteiger partial charge in [-0.05, 0) is 223 Å². The van der Waals surface area contributed by atoms with Crippen molar-refractivity contribution in [1.82, 2.24) is 9.13 Å². The first-order valence-electron chi connectivity index (χ1n) is 48.9. The predicted octanol–water partition coefficient (Wildman–Crippen LogP) is 29.2. The highest BCUT2D eigenvalue weighted by Crippen LogP contribution is 2.56. The van der Waals surface area contributed by atoms with E-state index in [0.717, 1.165) is 121 Å². The van der Waals surface area contributed by atoms with Crippen LogP contribution in [0.1, 0.15) is 76.0 Å². The highest BCUT2D eigenvalue weighted by atomic mass is 15.2. The minimum absolute atomic E-state index is 0.0739. The van der Waals surface area contributed by atoms with Crippen molar-refractivity contribution < 1.29 is 23.3 Å². The fraction of sp³-hybridized carbons (Fsp3) is 0.0702. The van der Waals surface area contributed by atoms with Gasteiger partial charge in [0, 0.05) is 77.9 Å². The van der Waals surface area contributed by atoms with Gasteiger partial charge in [-0.1, -0.05) is 338 Å². The molecule has 23 rings (SSSR count). The lowest BCUT2D eigenvalue weighted by Gasteiger charge is -2.46. The molecule has 119 heavy (non-hydrogen) atoms. The molecule has 2 aliphatic heterocycles. The van der Waals surface area contributed by atoms with Crippen molar-refractivity contribution in [3.05, 3.63) is 405 Å². The molecule has 0 spiro atoms. The molecular formula is C114H83BN4. The molecule has 0 aliphatic carbocycles. The zero-order valence-corrected chi connectivity index (χ0v) is 66.1. The van der Waals surface area contributed by atoms with Gasteiger partial charge in [-0.15, -0.1) is 0 Å². The fourth-order valence-electron chi connectivity index (χ4n) is 18.8. The van der Waals surface area contributed by atoms with Crippen LogP contribution in [-0.2, 0) is 10.8 Å². The molecule has 0 bridgehead atoms. The molecule has 0 unspecified atom stereocenters. The quantitative estimate of drug-likeness (QED) is 0.100. The summed E-state index contributed by atoms with van der Waals surface area (Å²) in [7, 11) is 0. The largest absolute Gasteiger partial charge is 0.310 e. The van der Waals surface area contributed by atoms with Crippen LogP contribution in [0.4, 0.5) is 34.1 Å². The normalized spacial score (nSPS) is 14.7. The van der Waals surface area contributed by atoms with Gasteiger partial charge in [-0.25, -0.2) is 0 Å². The van der Waals surface area contributed by atoms with Gasteiger partial charge < -0.3 is 18.9 Å². The van der Waals surface area contributed by atoms with Crippen molar-refractivity contribution in [3.8, 4) is 78.1 Å². The van der Waals surface area contributed by atoms with Crippen molar-refractivity contribution in [2.45, 2.75) is 52.4 Å². The Bertz CT molecular complexity index is 8730. The molecule has 4 heterocycles. The Balaban J connectivity index is 0.938. The first kappa shape index (κ1) is 54.3. The molecule has 4 nitrogen and oxygen atoms in total. The number of benzene rings is 19. The van der Waals surface area contributed by atoms with Gasteiger partial charge in [-0.2, -0.15) is 0 Å². The third kappa shape index (κ3) is 11.3. The minimum atomic E-state index is -0.870. The van der Waals surface area contributed by atoms with Crippen LogP contribution in [0.25, 0.3) is 165 Å². The molecule has 21 aromatic rings. The molecule has 2 aliphatic rings. The Kier molecular flexibility index (Phi) is 12.4. The number of fused-ring (bicyclic) bond motifs is 16. The van der Waals surface area contributed by atoms with Crippen LogP contribution in [0.3, 0.4) is 0 Å². The van der Waals surface area contributed by atoms with E-state index >= 15 is 0 Å². The van der Waals surface area contributed by atoms with Crippen LogP contribution in [0.2, 0.25) is 0 Å². The number of nitrogens with zero attached hydrogens (tertiary/aromatic N) is 4. The van der Waals surface area contributed by atoms with Crippen LogP contribution in [0.5, 0.6) is 0 Å². The summed E-state index contributed by atoms with van der Waals surface area (Å²) in [6.07, 6.45) is 0. The first-order chi connectivity index (χ1) is 65.3. The van der Waals surface area contributed by atoms with Crippen molar-refractivity contribution in [1.29, 1.82) is 0 Å². The van der Waals surface area contributed by atoms with E-state index in [1.807, 2.05) is 109 Å². The Hall–Kier alpha value is -14.5. The second-order valence-corrected chi connectivity index (χ2v) is 33.5. The van der Waals surface area contributed by atoms with Crippen molar-refractivity contribution >= 4 is 144 Å². The standard InChI is InChI=1S/C114H83BN4/c1-113(2,3)84-66-98(81-37-26-35-79(63-81)73-30-11-8-12-31-73)112(99(67-84)83-57-55-77-53-51-75-33-14-16-39-89(75)97(77)65-83)119-107-71-87(117-104-48-23-19-42-94(104)95-43-20-24-49-105(95)117)59-61-101(107)115-100-60-58-86(116-102-46-21-17-40-92(102)93-41-18-22-47-103(93)116)70-106(100)118(108-68-85(114(4,5)6)69-109(119)110(108)115)111-90(80-36-25-34-78(62-80)72-28-9-7-10-29-72)44-27-45-91(111)82-56-54-76-52-50-74-32-13-15-38-88(74)96(76)64-82/h7-71H,1-6H3/i17D,18D,19D,20D,21D,22D,23D,24D,27D,40D,41D,42D,43D,46D,47D,48D,49D. The maximum atomic E-state index is 10.4.